The molecule has 0 saturated carbocycles. The van der Waals surface area contributed by atoms with Crippen molar-refractivity contribution in [2.75, 3.05) is 0 Å². The minimum atomic E-state index is -6.02. The maximum absolute atomic E-state index is 17.6. The first-order valence-electron chi connectivity index (χ1n) is 28.3. The van der Waals surface area contributed by atoms with E-state index in [0.717, 1.165) is 103 Å². The van der Waals surface area contributed by atoms with Gasteiger partial charge in [-0.15, -0.1) is 0 Å². The molecule has 0 aliphatic carbocycles. The first kappa shape index (κ1) is 69.3. The number of alkyl halides is 27. The SMILES string of the molecule is N#Cc1cccc(-c2ccc(-n3c4cc(-c5ccc(C(F)(F)F)cc5C(F)(F)F)ccc4c4ccc(-c5ccc(C(F)(F)F)cc5C(F)(F)F)cc43)c(C(F)(F)F)c2-n2c3cc(-c4ccc(C(F)(F)F)cc4C(F)(F)F)ccc3c3ccc(-c4ccc(C(F)(F)F)cc4C(F)(F)F)cc32)c1. The third kappa shape index (κ3) is 12.5. The third-order valence-electron chi connectivity index (χ3n) is 16.6. The molecule has 2 heterocycles. The topological polar surface area (TPSA) is 33.6 Å². The summed E-state index contributed by atoms with van der Waals surface area (Å²) in [6.45, 7) is 0. The van der Waals surface area contributed by atoms with Crippen LogP contribution in [0.15, 0.2) is 182 Å². The van der Waals surface area contributed by atoms with Crippen LogP contribution in [0.1, 0.15) is 55.6 Å². The summed E-state index contributed by atoms with van der Waals surface area (Å²) in [5, 5.41) is 8.81. The van der Waals surface area contributed by atoms with Crippen molar-refractivity contribution in [1.82, 2.24) is 9.13 Å². The number of benzene rings is 10. The van der Waals surface area contributed by atoms with Crippen LogP contribution in [0.4, 0.5) is 119 Å². The minimum absolute atomic E-state index is 0.218. The zero-order chi connectivity index (χ0) is 72.9. The molecule has 0 atom stereocenters. The minimum Gasteiger partial charge on any atom is -0.309 e. The number of rotatable bonds is 7. The summed E-state index contributed by atoms with van der Waals surface area (Å²) in [5.74, 6) is 0. The van der Waals surface area contributed by atoms with Crippen molar-refractivity contribution < 1.29 is 119 Å². The number of nitrogens with zero attached hydrogens (tertiary/aromatic N) is 3. The molecule has 0 aliphatic heterocycles. The van der Waals surface area contributed by atoms with Crippen LogP contribution in [0, 0.1) is 11.3 Å². The van der Waals surface area contributed by atoms with Crippen molar-refractivity contribution in [3.8, 4) is 73.1 Å². The fourth-order valence-electron chi connectivity index (χ4n) is 12.3. The molecule has 0 fully saturated rings. The standard InChI is InChI=1S/C70H30F27N3/c71-62(72,73)38-8-16-42(51(27-38)66(83,84)85)34-4-12-47-48-13-5-35(43-17-9-39(63(74,75)76)28-52(43)67(86,87)88)24-57(48)99(56(47)23-34)55-21-20-46(33-3-1-2-32(22-33)31-98)61(60(55)70(95,96)97)100-58-25-36(44-18-10-40(64(77,78)79)29-53(44)68(89,90)91)6-14-49(58)50-15-7-37(26-59(50)100)45-19-11-41(65(80,81)82)30-54(45)69(92,93)94/h1-30H. The number of aromatic nitrogens is 2. The Bertz CT molecular complexity index is 5100. The van der Waals surface area contributed by atoms with E-state index in [1.54, 1.807) is 6.07 Å². The normalized spacial score (nSPS) is 13.3. The van der Waals surface area contributed by atoms with Crippen LogP contribution in [0.5, 0.6) is 0 Å². The molecule has 0 radical (unpaired) electrons. The fraction of sp³-hybridized carbons (Fsp3) is 0.129. The van der Waals surface area contributed by atoms with Gasteiger partial charge >= 0.3 is 55.6 Å². The van der Waals surface area contributed by atoms with E-state index in [1.165, 1.54) is 0 Å². The lowest BCUT2D eigenvalue weighted by Crippen LogP contribution is -2.17. The molecule has 2 aromatic heterocycles. The first-order chi connectivity index (χ1) is 46.2. The summed E-state index contributed by atoms with van der Waals surface area (Å²) in [6, 6.07) is 18.9. The van der Waals surface area contributed by atoms with Crippen LogP contribution < -0.4 is 0 Å². The van der Waals surface area contributed by atoms with Crippen molar-refractivity contribution in [3.63, 3.8) is 0 Å². The summed E-state index contributed by atoms with van der Waals surface area (Å²) >= 11 is 0. The van der Waals surface area contributed by atoms with Crippen LogP contribution in [-0.4, -0.2) is 9.13 Å². The number of hydrogen-bond donors (Lipinski definition) is 0. The van der Waals surface area contributed by atoms with Crippen molar-refractivity contribution in [2.45, 2.75) is 55.6 Å². The van der Waals surface area contributed by atoms with Crippen molar-refractivity contribution in [3.05, 3.63) is 238 Å². The Kier molecular flexibility index (Phi) is 16.1. The quantitative estimate of drug-likeness (QED) is 0.146. The molecular formula is C70H30F27N3. The number of halogens is 27. The monoisotopic (exact) mass is 1430 g/mol. The van der Waals surface area contributed by atoms with Gasteiger partial charge in [0, 0.05) is 27.1 Å². The Balaban J connectivity index is 1.29. The molecule has 12 rings (SSSR count). The van der Waals surface area contributed by atoms with Crippen LogP contribution in [0.25, 0.3) is 111 Å². The summed E-state index contributed by atoms with van der Waals surface area (Å²) in [4.78, 5) is 0. The lowest BCUT2D eigenvalue weighted by molar-refractivity contribution is -0.144. The average molecular weight is 1430 g/mol. The van der Waals surface area contributed by atoms with E-state index < -0.39 is 195 Å². The summed E-state index contributed by atoms with van der Waals surface area (Å²) in [6.07, 6.45) is -50.3. The lowest BCUT2D eigenvalue weighted by Gasteiger charge is -2.25. The molecule has 10 aromatic carbocycles. The van der Waals surface area contributed by atoms with Gasteiger partial charge in [0.15, 0.2) is 0 Å². The Labute approximate surface area is 541 Å². The largest absolute Gasteiger partial charge is 0.420 e. The molecular weight excluding hydrogens is 1400 g/mol. The van der Waals surface area contributed by atoms with Gasteiger partial charge in [0.2, 0.25) is 0 Å². The predicted octanol–water partition coefficient (Wildman–Crippen LogP) is 25.3. The smallest absolute Gasteiger partial charge is 0.309 e. The Hall–Kier alpha value is -10.6. The van der Waals surface area contributed by atoms with Gasteiger partial charge in [-0.25, -0.2) is 0 Å². The highest BCUT2D eigenvalue weighted by Gasteiger charge is 2.45. The van der Waals surface area contributed by atoms with Gasteiger partial charge in [-0.2, -0.15) is 124 Å². The molecule has 30 heteroatoms. The van der Waals surface area contributed by atoms with Gasteiger partial charge < -0.3 is 9.13 Å². The number of hydrogen-bond acceptors (Lipinski definition) is 1. The van der Waals surface area contributed by atoms with Gasteiger partial charge in [0.25, 0.3) is 0 Å². The highest BCUT2D eigenvalue weighted by molar-refractivity contribution is 6.14. The molecule has 0 aliphatic rings. The van der Waals surface area contributed by atoms with Crippen LogP contribution >= 0.6 is 0 Å². The van der Waals surface area contributed by atoms with E-state index in [-0.39, 0.29) is 75.6 Å². The highest BCUT2D eigenvalue weighted by Crippen LogP contribution is 2.53. The summed E-state index contributed by atoms with van der Waals surface area (Å²) < 4.78 is 404. The summed E-state index contributed by atoms with van der Waals surface area (Å²) in [5.41, 5.74) is -31.2. The van der Waals surface area contributed by atoms with Crippen molar-refractivity contribution >= 4 is 43.6 Å². The zero-order valence-electron chi connectivity index (χ0n) is 48.9. The zero-order valence-corrected chi connectivity index (χ0v) is 48.9. The summed E-state index contributed by atoms with van der Waals surface area (Å²) in [7, 11) is 0. The molecule has 0 N–H and O–H groups in total. The van der Waals surface area contributed by atoms with Crippen molar-refractivity contribution in [2.24, 2.45) is 0 Å². The second kappa shape index (κ2) is 23.3. The second-order valence-corrected chi connectivity index (χ2v) is 22.7. The average Bonchev–Trinajstić information content (AvgIpc) is 1.54. The van der Waals surface area contributed by atoms with E-state index in [4.69, 9.17) is 0 Å². The Morgan fingerprint density at radius 1 is 0.250 bits per heavy atom. The molecule has 514 valence electrons. The molecule has 100 heavy (non-hydrogen) atoms. The van der Waals surface area contributed by atoms with Gasteiger partial charge in [0.1, 0.15) is 5.56 Å². The van der Waals surface area contributed by atoms with E-state index >= 15 is 65.9 Å². The van der Waals surface area contributed by atoms with Crippen molar-refractivity contribution in [1.29, 1.82) is 5.26 Å². The molecule has 0 spiro atoms. The Morgan fingerprint density at radius 2 is 0.530 bits per heavy atom. The first-order valence-corrected chi connectivity index (χ1v) is 28.3. The van der Waals surface area contributed by atoms with E-state index in [1.807, 2.05) is 0 Å². The molecule has 0 amide bonds. The number of nitriles is 1. The van der Waals surface area contributed by atoms with Gasteiger partial charge in [-0.3, -0.25) is 0 Å². The predicted molar refractivity (Wildman–Crippen MR) is 312 cm³/mol. The van der Waals surface area contributed by atoms with Crippen LogP contribution in [0.3, 0.4) is 0 Å². The molecule has 0 saturated heterocycles. The second-order valence-electron chi connectivity index (χ2n) is 22.7. The Morgan fingerprint density at radius 3 is 0.800 bits per heavy atom. The molecule has 3 nitrogen and oxygen atoms in total. The molecule has 0 bridgehead atoms. The molecule has 0 unspecified atom stereocenters. The fourth-order valence-corrected chi connectivity index (χ4v) is 12.3. The third-order valence-corrected chi connectivity index (χ3v) is 16.6. The highest BCUT2D eigenvalue weighted by atomic mass is 19.4. The van der Waals surface area contributed by atoms with Crippen LogP contribution in [0.2, 0.25) is 0 Å². The number of fused-ring (bicyclic) bond motifs is 6. The van der Waals surface area contributed by atoms with Gasteiger partial charge in [-0.1, -0.05) is 91.0 Å². The van der Waals surface area contributed by atoms with E-state index in [9.17, 15) is 57.9 Å². The van der Waals surface area contributed by atoms with Crippen LogP contribution in [-0.2, 0) is 55.6 Å². The van der Waals surface area contributed by atoms with E-state index in [0.29, 0.717) is 39.5 Å². The van der Waals surface area contributed by atoms with Gasteiger partial charge in [-0.05, 0) is 141 Å². The molecule has 12 aromatic rings. The van der Waals surface area contributed by atoms with Gasteiger partial charge in [0.05, 0.1) is 89.6 Å². The van der Waals surface area contributed by atoms with E-state index in [2.05, 4.69) is 0 Å². The maximum Gasteiger partial charge on any atom is 0.420 e. The lowest BCUT2D eigenvalue weighted by atomic mass is 9.95. The maximum atomic E-state index is 17.6.